The molecule has 0 unspecified atom stereocenters. The van der Waals surface area contributed by atoms with Crippen molar-refractivity contribution in [1.29, 1.82) is 0 Å². The summed E-state index contributed by atoms with van der Waals surface area (Å²) in [6.07, 6.45) is 1.57. The molecule has 26 heavy (non-hydrogen) atoms. The van der Waals surface area contributed by atoms with Crippen LogP contribution in [0.2, 0.25) is 0 Å². The highest BCUT2D eigenvalue weighted by atomic mass is 19.4. The number of benzene rings is 1. The van der Waals surface area contributed by atoms with E-state index in [4.69, 9.17) is 0 Å². The Balaban J connectivity index is 1.63. The third-order valence-electron chi connectivity index (χ3n) is 4.57. The fourth-order valence-corrected chi connectivity index (χ4v) is 3.16. The topological polar surface area (TPSA) is 41.4 Å². The van der Waals surface area contributed by atoms with Gasteiger partial charge in [-0.3, -0.25) is 9.69 Å². The smallest absolute Gasteiger partial charge is 0.337 e. The molecule has 2 aromatic rings. The first-order chi connectivity index (χ1) is 12.4. The van der Waals surface area contributed by atoms with Gasteiger partial charge in [-0.1, -0.05) is 12.1 Å². The Labute approximate surface area is 150 Å². The molecular weight excluding hydrogens is 345 g/mol. The van der Waals surface area contributed by atoms with Crippen molar-refractivity contribution in [3.8, 4) is 0 Å². The molecule has 0 radical (unpaired) electrons. The SMILES string of the molecule is O=C(c1ccccc1C(F)(F)F)N1CCCN(CCn2ccnc2)CC1. The third kappa shape index (κ3) is 4.43. The van der Waals surface area contributed by atoms with Crippen LogP contribution in [0.3, 0.4) is 0 Å². The number of carbonyl (C=O) groups excluding carboxylic acids is 1. The standard InChI is InChI=1S/C18H21F3N4O/c19-18(20,21)16-5-2-1-4-15(16)17(26)25-8-3-7-23(12-13-25)10-11-24-9-6-22-14-24/h1-2,4-6,9,14H,3,7-8,10-13H2. The van der Waals surface area contributed by atoms with Crippen LogP contribution in [0.25, 0.3) is 0 Å². The van der Waals surface area contributed by atoms with Gasteiger partial charge in [-0.25, -0.2) is 4.98 Å². The predicted molar refractivity (Wildman–Crippen MR) is 90.6 cm³/mol. The maximum Gasteiger partial charge on any atom is 0.417 e. The first kappa shape index (κ1) is 18.4. The zero-order valence-electron chi connectivity index (χ0n) is 14.3. The lowest BCUT2D eigenvalue weighted by Crippen LogP contribution is -2.36. The molecule has 3 rings (SSSR count). The van der Waals surface area contributed by atoms with Gasteiger partial charge >= 0.3 is 6.18 Å². The van der Waals surface area contributed by atoms with Gasteiger partial charge in [-0.05, 0) is 25.1 Å². The second-order valence-corrected chi connectivity index (χ2v) is 6.33. The monoisotopic (exact) mass is 366 g/mol. The molecule has 1 amide bonds. The normalized spacial score (nSPS) is 16.5. The van der Waals surface area contributed by atoms with Crippen molar-refractivity contribution in [3.63, 3.8) is 0 Å². The number of rotatable bonds is 4. The van der Waals surface area contributed by atoms with Crippen molar-refractivity contribution >= 4 is 5.91 Å². The molecule has 1 aromatic carbocycles. The van der Waals surface area contributed by atoms with E-state index in [1.54, 1.807) is 12.5 Å². The van der Waals surface area contributed by atoms with Crippen molar-refractivity contribution in [3.05, 3.63) is 54.1 Å². The number of nitrogens with zero attached hydrogens (tertiary/aromatic N) is 4. The second-order valence-electron chi connectivity index (χ2n) is 6.33. The van der Waals surface area contributed by atoms with Gasteiger partial charge in [0.1, 0.15) is 0 Å². The third-order valence-corrected chi connectivity index (χ3v) is 4.57. The van der Waals surface area contributed by atoms with Crippen LogP contribution in [0.1, 0.15) is 22.3 Å². The van der Waals surface area contributed by atoms with Gasteiger partial charge in [0, 0.05) is 45.1 Å². The van der Waals surface area contributed by atoms with E-state index in [2.05, 4.69) is 9.88 Å². The maximum absolute atomic E-state index is 13.2. The fourth-order valence-electron chi connectivity index (χ4n) is 3.16. The Morgan fingerprint density at radius 3 is 2.62 bits per heavy atom. The number of carbonyl (C=O) groups is 1. The Kier molecular flexibility index (Phi) is 5.61. The van der Waals surface area contributed by atoms with Gasteiger partial charge in [-0.2, -0.15) is 13.2 Å². The molecule has 1 saturated heterocycles. The summed E-state index contributed by atoms with van der Waals surface area (Å²) in [5.74, 6) is -0.547. The minimum Gasteiger partial charge on any atom is -0.337 e. The van der Waals surface area contributed by atoms with Crippen molar-refractivity contribution in [2.75, 3.05) is 32.7 Å². The Morgan fingerprint density at radius 2 is 1.88 bits per heavy atom. The number of aromatic nitrogens is 2. The van der Waals surface area contributed by atoms with Crippen LogP contribution in [0.15, 0.2) is 43.0 Å². The predicted octanol–water partition coefficient (Wildman–Crippen LogP) is 2.75. The van der Waals surface area contributed by atoms with E-state index in [9.17, 15) is 18.0 Å². The van der Waals surface area contributed by atoms with Gasteiger partial charge in [0.25, 0.3) is 5.91 Å². The maximum atomic E-state index is 13.2. The molecule has 0 aliphatic carbocycles. The van der Waals surface area contributed by atoms with E-state index < -0.39 is 17.6 Å². The van der Waals surface area contributed by atoms with Crippen LogP contribution < -0.4 is 0 Å². The minimum atomic E-state index is -4.53. The molecule has 0 atom stereocenters. The molecule has 1 aromatic heterocycles. The average Bonchev–Trinajstić information content (AvgIpc) is 3.03. The molecule has 0 saturated carbocycles. The lowest BCUT2D eigenvalue weighted by molar-refractivity contribution is -0.138. The molecule has 0 N–H and O–H groups in total. The number of amides is 1. The fraction of sp³-hybridized carbons (Fsp3) is 0.444. The summed E-state index contributed by atoms with van der Waals surface area (Å²) >= 11 is 0. The molecule has 1 aliphatic rings. The van der Waals surface area contributed by atoms with Gasteiger partial charge in [-0.15, -0.1) is 0 Å². The largest absolute Gasteiger partial charge is 0.417 e. The second kappa shape index (κ2) is 7.90. The number of alkyl halides is 3. The van der Waals surface area contributed by atoms with Gasteiger partial charge in [0.15, 0.2) is 0 Å². The van der Waals surface area contributed by atoms with Crippen LogP contribution in [-0.4, -0.2) is 58.0 Å². The Morgan fingerprint density at radius 1 is 1.08 bits per heavy atom. The quantitative estimate of drug-likeness (QED) is 0.836. The van der Waals surface area contributed by atoms with Crippen LogP contribution in [-0.2, 0) is 12.7 Å². The van der Waals surface area contributed by atoms with Gasteiger partial charge in [0.2, 0.25) is 0 Å². The molecule has 5 nitrogen and oxygen atoms in total. The van der Waals surface area contributed by atoms with E-state index in [0.29, 0.717) is 19.6 Å². The summed E-state index contributed by atoms with van der Waals surface area (Å²) in [4.78, 5) is 20.4. The van der Waals surface area contributed by atoms with Crippen LogP contribution in [0, 0.1) is 0 Å². The van der Waals surface area contributed by atoms with E-state index >= 15 is 0 Å². The van der Waals surface area contributed by atoms with E-state index in [1.807, 2.05) is 10.8 Å². The summed E-state index contributed by atoms with van der Waals surface area (Å²) in [5.41, 5.74) is -1.14. The summed E-state index contributed by atoms with van der Waals surface area (Å²) in [5, 5.41) is 0. The molecule has 0 spiro atoms. The minimum absolute atomic E-state index is 0.271. The number of hydrogen-bond donors (Lipinski definition) is 0. The van der Waals surface area contributed by atoms with Gasteiger partial charge in [0.05, 0.1) is 17.5 Å². The summed E-state index contributed by atoms with van der Waals surface area (Å²) in [6, 6.07) is 4.99. The van der Waals surface area contributed by atoms with E-state index in [1.165, 1.54) is 23.1 Å². The number of imidazole rings is 1. The summed E-state index contributed by atoms with van der Waals surface area (Å²) in [6.45, 7) is 3.97. The molecule has 1 fully saturated rings. The molecule has 140 valence electrons. The van der Waals surface area contributed by atoms with Crippen molar-refractivity contribution in [1.82, 2.24) is 19.4 Å². The van der Waals surface area contributed by atoms with Crippen LogP contribution in [0.5, 0.6) is 0 Å². The van der Waals surface area contributed by atoms with E-state index in [0.717, 1.165) is 32.1 Å². The van der Waals surface area contributed by atoms with Crippen LogP contribution in [0.4, 0.5) is 13.2 Å². The summed E-state index contributed by atoms with van der Waals surface area (Å²) in [7, 11) is 0. The molecule has 2 heterocycles. The van der Waals surface area contributed by atoms with Crippen LogP contribution >= 0.6 is 0 Å². The van der Waals surface area contributed by atoms with Gasteiger partial charge < -0.3 is 9.47 Å². The Hall–Kier alpha value is -2.35. The lowest BCUT2D eigenvalue weighted by atomic mass is 10.1. The van der Waals surface area contributed by atoms with Crippen molar-refractivity contribution in [2.24, 2.45) is 0 Å². The first-order valence-electron chi connectivity index (χ1n) is 8.59. The Bertz CT molecular complexity index is 730. The van der Waals surface area contributed by atoms with Crippen molar-refractivity contribution < 1.29 is 18.0 Å². The van der Waals surface area contributed by atoms with E-state index in [-0.39, 0.29) is 5.56 Å². The zero-order valence-corrected chi connectivity index (χ0v) is 14.3. The molecule has 0 bridgehead atoms. The number of hydrogen-bond acceptors (Lipinski definition) is 3. The average molecular weight is 366 g/mol. The highest BCUT2D eigenvalue weighted by molar-refractivity contribution is 5.96. The van der Waals surface area contributed by atoms with Crippen molar-refractivity contribution in [2.45, 2.75) is 19.1 Å². The molecular formula is C18H21F3N4O. The highest BCUT2D eigenvalue weighted by Crippen LogP contribution is 2.32. The lowest BCUT2D eigenvalue weighted by Gasteiger charge is -2.23. The molecule has 8 heteroatoms. The first-order valence-corrected chi connectivity index (χ1v) is 8.59. The highest BCUT2D eigenvalue weighted by Gasteiger charge is 2.36. The number of halogens is 3. The zero-order chi connectivity index (χ0) is 18.6. The molecule has 1 aliphatic heterocycles. The summed E-state index contributed by atoms with van der Waals surface area (Å²) < 4.78 is 41.5.